The first-order chi connectivity index (χ1) is 19.9. The van der Waals surface area contributed by atoms with Crippen molar-refractivity contribution in [3.05, 3.63) is 140 Å². The van der Waals surface area contributed by atoms with Gasteiger partial charge in [-0.1, -0.05) is 63.2 Å². The largest absolute Gasteiger partial charge is 0.457 e. The van der Waals surface area contributed by atoms with Crippen LogP contribution >= 0.6 is 0 Å². The second-order valence-electron chi connectivity index (χ2n) is 10.9. The molecule has 0 aliphatic heterocycles. The molecule has 5 nitrogen and oxygen atoms in total. The van der Waals surface area contributed by atoms with Crippen molar-refractivity contribution in [1.82, 2.24) is 14.5 Å². The van der Waals surface area contributed by atoms with Crippen LogP contribution in [-0.2, 0) is 5.41 Å². The molecule has 0 amide bonds. The highest BCUT2D eigenvalue weighted by Gasteiger charge is 2.17. The number of para-hydroxylation sites is 1. The summed E-state index contributed by atoms with van der Waals surface area (Å²) in [6.07, 6.45) is 7.36. The van der Waals surface area contributed by atoms with Crippen molar-refractivity contribution in [3.8, 4) is 51.1 Å². The summed E-state index contributed by atoms with van der Waals surface area (Å²) in [6, 6.07) is 36.4. The third-order valence-electron chi connectivity index (χ3n) is 6.83. The zero-order valence-electron chi connectivity index (χ0n) is 23.4. The van der Waals surface area contributed by atoms with Crippen LogP contribution in [0.15, 0.2) is 134 Å². The minimum atomic E-state index is -0.0374. The van der Waals surface area contributed by atoms with Gasteiger partial charge < -0.3 is 14.0 Å². The van der Waals surface area contributed by atoms with E-state index in [0.29, 0.717) is 0 Å². The Balaban J connectivity index is 1.27. The van der Waals surface area contributed by atoms with E-state index in [0.717, 1.165) is 51.1 Å². The molecule has 0 spiro atoms. The SMILES string of the molecule is CC(C)(C)c1cc(Oc2cccc(-c3cc(-c4cccc(Oc5ccccc5)c4)ccn3)c2)cc(-n2ccnc2)c1. The zero-order valence-corrected chi connectivity index (χ0v) is 23.4. The molecular formula is C36H31N3O2. The number of rotatable bonds is 7. The van der Waals surface area contributed by atoms with Crippen LogP contribution in [0.5, 0.6) is 23.0 Å². The van der Waals surface area contributed by atoms with E-state index in [1.165, 1.54) is 5.56 Å². The van der Waals surface area contributed by atoms with Gasteiger partial charge in [0.2, 0.25) is 0 Å². The molecule has 0 atom stereocenters. The summed E-state index contributed by atoms with van der Waals surface area (Å²) in [5, 5.41) is 0. The minimum Gasteiger partial charge on any atom is -0.457 e. The molecule has 202 valence electrons. The Bertz CT molecular complexity index is 1770. The number of aromatic nitrogens is 3. The van der Waals surface area contributed by atoms with Crippen molar-refractivity contribution in [3.63, 3.8) is 0 Å². The quantitative estimate of drug-likeness (QED) is 0.203. The molecule has 5 heteroatoms. The van der Waals surface area contributed by atoms with Gasteiger partial charge in [0.05, 0.1) is 17.7 Å². The molecule has 0 bridgehead atoms. The smallest absolute Gasteiger partial charge is 0.129 e. The van der Waals surface area contributed by atoms with Gasteiger partial charge in [-0.3, -0.25) is 4.98 Å². The van der Waals surface area contributed by atoms with E-state index in [2.05, 4.69) is 61.1 Å². The fraction of sp³-hybridized carbons (Fsp3) is 0.111. The average Bonchev–Trinajstić information content (AvgIpc) is 3.53. The maximum absolute atomic E-state index is 6.42. The molecule has 6 aromatic rings. The lowest BCUT2D eigenvalue weighted by molar-refractivity contribution is 0.478. The third kappa shape index (κ3) is 6.20. The van der Waals surface area contributed by atoms with E-state index < -0.39 is 0 Å². The molecule has 2 aromatic heterocycles. The lowest BCUT2D eigenvalue weighted by Gasteiger charge is -2.21. The first kappa shape index (κ1) is 26.1. The van der Waals surface area contributed by atoms with Crippen molar-refractivity contribution in [1.29, 1.82) is 0 Å². The maximum atomic E-state index is 6.42. The predicted octanol–water partition coefficient (Wildman–Crippen LogP) is 9.48. The molecule has 0 aliphatic rings. The highest BCUT2D eigenvalue weighted by atomic mass is 16.5. The van der Waals surface area contributed by atoms with Gasteiger partial charge in [0.1, 0.15) is 23.0 Å². The van der Waals surface area contributed by atoms with Gasteiger partial charge in [0.25, 0.3) is 0 Å². The van der Waals surface area contributed by atoms with Gasteiger partial charge in [-0.25, -0.2) is 4.98 Å². The molecule has 0 unspecified atom stereocenters. The Kier molecular flexibility index (Phi) is 7.09. The van der Waals surface area contributed by atoms with Crippen LogP contribution < -0.4 is 9.47 Å². The minimum absolute atomic E-state index is 0.0374. The van der Waals surface area contributed by atoms with Crippen molar-refractivity contribution in [2.75, 3.05) is 0 Å². The molecule has 0 aliphatic carbocycles. The Morgan fingerprint density at radius 1 is 0.585 bits per heavy atom. The van der Waals surface area contributed by atoms with E-state index in [9.17, 15) is 0 Å². The van der Waals surface area contributed by atoms with Gasteiger partial charge >= 0.3 is 0 Å². The van der Waals surface area contributed by atoms with Crippen molar-refractivity contribution in [2.45, 2.75) is 26.2 Å². The van der Waals surface area contributed by atoms with Crippen LogP contribution in [0.25, 0.3) is 28.1 Å². The first-order valence-electron chi connectivity index (χ1n) is 13.6. The number of pyridine rings is 1. The van der Waals surface area contributed by atoms with Gasteiger partial charge in [-0.15, -0.1) is 0 Å². The molecule has 0 radical (unpaired) electrons. The summed E-state index contributed by atoms with van der Waals surface area (Å²) >= 11 is 0. The Morgan fingerprint density at radius 3 is 2.00 bits per heavy atom. The molecule has 0 N–H and O–H groups in total. The van der Waals surface area contributed by atoms with Crippen molar-refractivity contribution >= 4 is 0 Å². The molecule has 2 heterocycles. The lowest BCUT2D eigenvalue weighted by atomic mass is 9.86. The van der Waals surface area contributed by atoms with Gasteiger partial charge in [0.15, 0.2) is 0 Å². The average molecular weight is 538 g/mol. The maximum Gasteiger partial charge on any atom is 0.129 e. The molecule has 4 aromatic carbocycles. The number of imidazole rings is 1. The van der Waals surface area contributed by atoms with Crippen LogP contribution in [0.4, 0.5) is 0 Å². The number of nitrogens with zero attached hydrogens (tertiary/aromatic N) is 3. The normalized spacial score (nSPS) is 11.3. The summed E-state index contributed by atoms with van der Waals surface area (Å²) in [6.45, 7) is 6.60. The van der Waals surface area contributed by atoms with E-state index in [-0.39, 0.29) is 5.41 Å². The second-order valence-corrected chi connectivity index (χ2v) is 10.9. The van der Waals surface area contributed by atoms with Crippen LogP contribution in [0, 0.1) is 0 Å². The summed E-state index contributed by atoms with van der Waals surface area (Å²) in [7, 11) is 0. The first-order valence-corrected chi connectivity index (χ1v) is 13.6. The summed E-state index contributed by atoms with van der Waals surface area (Å²) < 4.78 is 14.5. The Labute approximate surface area is 240 Å². The van der Waals surface area contributed by atoms with E-state index >= 15 is 0 Å². The van der Waals surface area contributed by atoms with Gasteiger partial charge in [-0.2, -0.15) is 0 Å². The number of benzene rings is 4. The number of ether oxygens (including phenoxy) is 2. The zero-order chi connectivity index (χ0) is 28.2. The fourth-order valence-electron chi connectivity index (χ4n) is 4.62. The number of hydrogen-bond donors (Lipinski definition) is 0. The van der Waals surface area contributed by atoms with Gasteiger partial charge in [-0.05, 0) is 82.8 Å². The second kappa shape index (κ2) is 11.1. The summed E-state index contributed by atoms with van der Waals surface area (Å²) in [4.78, 5) is 8.88. The van der Waals surface area contributed by atoms with Gasteiger partial charge in [0, 0.05) is 30.2 Å². The van der Waals surface area contributed by atoms with Crippen LogP contribution in [0.2, 0.25) is 0 Å². The lowest BCUT2D eigenvalue weighted by Crippen LogP contribution is -2.12. The van der Waals surface area contributed by atoms with Crippen LogP contribution in [0.1, 0.15) is 26.3 Å². The molecule has 0 saturated carbocycles. The highest BCUT2D eigenvalue weighted by molar-refractivity contribution is 5.72. The highest BCUT2D eigenvalue weighted by Crippen LogP contribution is 2.34. The van der Waals surface area contributed by atoms with Crippen molar-refractivity contribution in [2.24, 2.45) is 0 Å². The topological polar surface area (TPSA) is 49.2 Å². The standard InChI is InChI=1S/C36H31N3O2/c1-36(2,3)29-22-30(39-18-17-37-25-39)24-34(23-29)41-33-14-8-10-28(20-33)35-21-27(15-16-38-35)26-9-7-13-32(19-26)40-31-11-5-4-6-12-31/h4-25H,1-3H3. The number of hydrogen-bond acceptors (Lipinski definition) is 4. The van der Waals surface area contributed by atoms with Crippen LogP contribution in [-0.4, -0.2) is 14.5 Å². The molecule has 0 saturated heterocycles. The Morgan fingerprint density at radius 2 is 1.27 bits per heavy atom. The molecule has 41 heavy (non-hydrogen) atoms. The van der Waals surface area contributed by atoms with Crippen molar-refractivity contribution < 1.29 is 9.47 Å². The fourth-order valence-corrected chi connectivity index (χ4v) is 4.62. The molecule has 6 rings (SSSR count). The Hall–Kier alpha value is -5.16. The van der Waals surface area contributed by atoms with E-state index in [1.54, 1.807) is 12.5 Å². The summed E-state index contributed by atoms with van der Waals surface area (Å²) in [5.41, 5.74) is 6.11. The molecule has 0 fully saturated rings. The van der Waals surface area contributed by atoms with E-state index in [1.807, 2.05) is 95.8 Å². The molecular weight excluding hydrogens is 506 g/mol. The summed E-state index contributed by atoms with van der Waals surface area (Å²) in [5.74, 6) is 3.11. The third-order valence-corrected chi connectivity index (χ3v) is 6.83. The monoisotopic (exact) mass is 537 g/mol. The van der Waals surface area contributed by atoms with Crippen LogP contribution in [0.3, 0.4) is 0 Å². The van der Waals surface area contributed by atoms with E-state index in [4.69, 9.17) is 9.47 Å². The predicted molar refractivity (Wildman–Crippen MR) is 164 cm³/mol.